The van der Waals surface area contributed by atoms with Gasteiger partial charge in [-0.05, 0) is 73.1 Å². The van der Waals surface area contributed by atoms with E-state index in [2.05, 4.69) is 58.1 Å². The van der Waals surface area contributed by atoms with Crippen molar-refractivity contribution in [3.05, 3.63) is 112 Å². The molecule has 1 amide bonds. The normalized spacial score (nSPS) is 19.2. The van der Waals surface area contributed by atoms with Crippen molar-refractivity contribution in [2.24, 2.45) is 4.99 Å². The van der Waals surface area contributed by atoms with Crippen molar-refractivity contribution in [2.75, 3.05) is 12.4 Å². The van der Waals surface area contributed by atoms with Gasteiger partial charge in [0.2, 0.25) is 0 Å². The van der Waals surface area contributed by atoms with Gasteiger partial charge in [0, 0.05) is 11.1 Å². The van der Waals surface area contributed by atoms with Crippen molar-refractivity contribution in [3.8, 4) is 5.75 Å². The van der Waals surface area contributed by atoms with E-state index in [0.29, 0.717) is 11.5 Å². The molecule has 5 nitrogen and oxygen atoms in total. The first-order chi connectivity index (χ1) is 19.5. The maximum atomic E-state index is 13.9. The lowest BCUT2D eigenvalue weighted by molar-refractivity contribution is -0.113. The number of thioether (sulfide) groups is 1. The first-order valence-corrected chi connectivity index (χ1v) is 15.0. The van der Waals surface area contributed by atoms with Gasteiger partial charge in [0.05, 0.1) is 30.1 Å². The molecule has 1 aliphatic carbocycles. The molecule has 0 unspecified atom stereocenters. The molecular weight excluding hydrogens is 514 g/mol. The Bertz CT molecular complexity index is 1500. The van der Waals surface area contributed by atoms with Crippen molar-refractivity contribution < 1.29 is 9.53 Å². The lowest BCUT2D eigenvalue weighted by Crippen LogP contribution is -2.37. The fourth-order valence-electron chi connectivity index (χ4n) is 6.09. The fourth-order valence-corrected chi connectivity index (χ4v) is 7.06. The van der Waals surface area contributed by atoms with Gasteiger partial charge in [0.15, 0.2) is 5.17 Å². The average Bonchev–Trinajstić information content (AvgIpc) is 3.41. The smallest absolute Gasteiger partial charge is 0.255 e. The minimum atomic E-state index is -0.356. The monoisotopic (exact) mass is 549 g/mol. The SMILES string of the molecule is COc1cc([C@H]2C(C(=O)Nc3ccccc3)=C(C)N=C3SC=C(c4ccc(C5CCCCC5)cc4)N32)ccc1C. The molecular formula is C34H35N3O2S. The number of nitrogens with one attached hydrogen (secondary N) is 1. The Hall–Kier alpha value is -3.77. The van der Waals surface area contributed by atoms with Gasteiger partial charge in [-0.15, -0.1) is 0 Å². The maximum Gasteiger partial charge on any atom is 0.255 e. The summed E-state index contributed by atoms with van der Waals surface area (Å²) in [5, 5.41) is 6.15. The van der Waals surface area contributed by atoms with Gasteiger partial charge in [-0.3, -0.25) is 4.79 Å². The number of amidine groups is 1. The Morgan fingerprint density at radius 1 is 0.950 bits per heavy atom. The second-order valence-electron chi connectivity index (χ2n) is 10.8. The lowest BCUT2D eigenvalue weighted by Gasteiger charge is -2.37. The molecule has 0 radical (unpaired) electrons. The van der Waals surface area contributed by atoms with Crippen LogP contribution in [0.2, 0.25) is 0 Å². The molecule has 6 heteroatoms. The molecule has 3 aromatic rings. The van der Waals surface area contributed by atoms with Crippen LogP contribution >= 0.6 is 11.8 Å². The van der Waals surface area contributed by atoms with Crippen LogP contribution in [0.25, 0.3) is 5.70 Å². The standard InChI is InChI=1S/C34H35N3O2S/c1-22-14-15-27(20-30(22)39-3)32-31(33(38)36-28-12-8-5-9-13-28)23(2)35-34-37(32)29(21-40-34)26-18-16-25(17-19-26)24-10-6-4-7-11-24/h5,8-9,12-21,24,32H,4,6-7,10-11H2,1-3H3,(H,36,38)/t32-/m0/s1. The van der Waals surface area contributed by atoms with E-state index in [1.165, 1.54) is 37.7 Å². The van der Waals surface area contributed by atoms with E-state index in [0.717, 1.165) is 44.7 Å². The molecule has 1 atom stereocenters. The average molecular weight is 550 g/mol. The number of anilines is 1. The number of hydrogen-bond acceptors (Lipinski definition) is 5. The third-order valence-corrected chi connectivity index (χ3v) is 9.07. The predicted molar refractivity (Wildman–Crippen MR) is 165 cm³/mol. The molecule has 2 aliphatic heterocycles. The highest BCUT2D eigenvalue weighted by Crippen LogP contribution is 2.47. The molecule has 1 saturated carbocycles. The molecule has 0 saturated heterocycles. The van der Waals surface area contributed by atoms with Gasteiger partial charge < -0.3 is 15.0 Å². The third kappa shape index (κ3) is 5.08. The number of carbonyl (C=O) groups is 1. The van der Waals surface area contributed by atoms with Crippen LogP contribution in [0.4, 0.5) is 5.69 Å². The molecule has 0 aromatic heterocycles. The van der Waals surface area contributed by atoms with Crippen molar-refractivity contribution in [3.63, 3.8) is 0 Å². The fraction of sp³-hybridized carbons (Fsp3) is 0.294. The number of rotatable bonds is 6. The molecule has 2 heterocycles. The maximum absolute atomic E-state index is 13.9. The number of ether oxygens (including phenoxy) is 1. The van der Waals surface area contributed by atoms with Crippen molar-refractivity contribution in [2.45, 2.75) is 57.9 Å². The van der Waals surface area contributed by atoms with Crippen LogP contribution in [-0.4, -0.2) is 23.1 Å². The first kappa shape index (κ1) is 26.5. The van der Waals surface area contributed by atoms with Gasteiger partial charge in [0.25, 0.3) is 5.91 Å². The van der Waals surface area contributed by atoms with E-state index in [4.69, 9.17) is 9.73 Å². The second kappa shape index (κ2) is 11.4. The minimum Gasteiger partial charge on any atom is -0.496 e. The lowest BCUT2D eigenvalue weighted by atomic mass is 9.84. The van der Waals surface area contributed by atoms with Crippen LogP contribution in [0.1, 0.15) is 73.2 Å². The Labute approximate surface area is 241 Å². The van der Waals surface area contributed by atoms with Gasteiger partial charge in [-0.25, -0.2) is 4.99 Å². The van der Waals surface area contributed by atoms with E-state index in [1.807, 2.05) is 44.2 Å². The zero-order valence-corrected chi connectivity index (χ0v) is 24.1. The number of carbonyl (C=O) groups excluding carboxylic acids is 1. The summed E-state index contributed by atoms with van der Waals surface area (Å²) in [7, 11) is 1.69. The van der Waals surface area contributed by atoms with Crippen molar-refractivity contribution >= 4 is 34.2 Å². The van der Waals surface area contributed by atoms with E-state index >= 15 is 0 Å². The Balaban J connectivity index is 1.40. The number of fused-ring (bicyclic) bond motifs is 1. The van der Waals surface area contributed by atoms with E-state index in [9.17, 15) is 4.79 Å². The summed E-state index contributed by atoms with van der Waals surface area (Å²) in [6, 6.07) is 24.5. The van der Waals surface area contributed by atoms with Crippen LogP contribution < -0.4 is 10.1 Å². The minimum absolute atomic E-state index is 0.153. The van der Waals surface area contributed by atoms with Crippen molar-refractivity contribution in [1.29, 1.82) is 0 Å². The van der Waals surface area contributed by atoms with Crippen LogP contribution in [-0.2, 0) is 4.79 Å². The highest BCUT2D eigenvalue weighted by Gasteiger charge is 2.40. The molecule has 6 rings (SSSR count). The topological polar surface area (TPSA) is 53.9 Å². The number of hydrogen-bond donors (Lipinski definition) is 1. The van der Waals surface area contributed by atoms with Crippen LogP contribution in [0.15, 0.2) is 94.5 Å². The van der Waals surface area contributed by atoms with Gasteiger partial charge in [0.1, 0.15) is 5.75 Å². The highest BCUT2D eigenvalue weighted by molar-refractivity contribution is 8.16. The number of amides is 1. The summed E-state index contributed by atoms with van der Waals surface area (Å²) < 4.78 is 5.70. The molecule has 204 valence electrons. The summed E-state index contributed by atoms with van der Waals surface area (Å²) >= 11 is 1.61. The van der Waals surface area contributed by atoms with Gasteiger partial charge in [-0.1, -0.05) is 85.6 Å². The van der Waals surface area contributed by atoms with Crippen LogP contribution in [0, 0.1) is 6.92 Å². The summed E-state index contributed by atoms with van der Waals surface area (Å²) in [6.45, 7) is 3.96. The molecule has 3 aromatic carbocycles. The highest BCUT2D eigenvalue weighted by atomic mass is 32.2. The number of methoxy groups -OCH3 is 1. The zero-order valence-electron chi connectivity index (χ0n) is 23.3. The third-order valence-electron chi connectivity index (χ3n) is 8.23. The molecule has 3 aliphatic rings. The Morgan fingerprint density at radius 3 is 2.40 bits per heavy atom. The van der Waals surface area contributed by atoms with Gasteiger partial charge >= 0.3 is 0 Å². The number of allylic oxidation sites excluding steroid dienone is 1. The zero-order chi connectivity index (χ0) is 27.6. The summed E-state index contributed by atoms with van der Waals surface area (Å²) in [6.07, 6.45) is 6.56. The van der Waals surface area contributed by atoms with Gasteiger partial charge in [-0.2, -0.15) is 0 Å². The van der Waals surface area contributed by atoms with E-state index in [-0.39, 0.29) is 11.9 Å². The van der Waals surface area contributed by atoms with E-state index in [1.54, 1.807) is 18.9 Å². The first-order valence-electron chi connectivity index (χ1n) is 14.1. The molecule has 0 bridgehead atoms. The summed E-state index contributed by atoms with van der Waals surface area (Å²) in [5.74, 6) is 1.31. The quantitative estimate of drug-likeness (QED) is 0.335. The summed E-state index contributed by atoms with van der Waals surface area (Å²) in [5.41, 5.74) is 7.76. The van der Waals surface area contributed by atoms with Crippen LogP contribution in [0.3, 0.4) is 0 Å². The molecule has 1 fully saturated rings. The summed E-state index contributed by atoms with van der Waals surface area (Å²) in [4.78, 5) is 21.1. The van der Waals surface area contributed by atoms with Crippen LogP contribution in [0.5, 0.6) is 5.75 Å². The second-order valence-corrected chi connectivity index (χ2v) is 11.6. The predicted octanol–water partition coefficient (Wildman–Crippen LogP) is 8.42. The Kier molecular flexibility index (Phi) is 7.53. The number of nitrogens with zero attached hydrogens (tertiary/aromatic N) is 2. The molecule has 1 N–H and O–H groups in total. The largest absolute Gasteiger partial charge is 0.496 e. The Morgan fingerprint density at radius 2 is 1.68 bits per heavy atom. The number of aliphatic imine (C=N–C) groups is 1. The number of benzene rings is 3. The molecule has 40 heavy (non-hydrogen) atoms. The van der Waals surface area contributed by atoms with Crippen molar-refractivity contribution in [1.82, 2.24) is 4.90 Å². The number of aryl methyl sites for hydroxylation is 1. The van der Waals surface area contributed by atoms with E-state index < -0.39 is 0 Å². The molecule has 0 spiro atoms. The number of para-hydroxylation sites is 1.